The summed E-state index contributed by atoms with van der Waals surface area (Å²) >= 11 is 1.36. The van der Waals surface area contributed by atoms with Crippen molar-refractivity contribution in [3.8, 4) is 5.69 Å². The lowest BCUT2D eigenvalue weighted by atomic mass is 10.0. The maximum absolute atomic E-state index is 12.6. The van der Waals surface area contributed by atoms with E-state index in [9.17, 15) is 13.2 Å². The van der Waals surface area contributed by atoms with Gasteiger partial charge in [0.15, 0.2) is 5.16 Å². The summed E-state index contributed by atoms with van der Waals surface area (Å²) in [6, 6.07) is 8.21. The van der Waals surface area contributed by atoms with Crippen LogP contribution < -0.4 is 0 Å². The summed E-state index contributed by atoms with van der Waals surface area (Å²) < 4.78 is 26.7. The number of aromatic nitrogens is 3. The van der Waals surface area contributed by atoms with Crippen LogP contribution in [0.2, 0.25) is 0 Å². The molecule has 1 aliphatic heterocycles. The van der Waals surface area contributed by atoms with Crippen LogP contribution in [0.3, 0.4) is 0 Å². The molecule has 0 bridgehead atoms. The molecule has 0 unspecified atom stereocenters. The second kappa shape index (κ2) is 9.49. The predicted octanol–water partition coefficient (Wildman–Crippen LogP) is 2.37. The summed E-state index contributed by atoms with van der Waals surface area (Å²) in [5.41, 5.74) is 2.23. The molecule has 1 aliphatic rings. The molecule has 2 aromatic rings. The molecule has 1 amide bonds. The van der Waals surface area contributed by atoms with Crippen molar-refractivity contribution in [1.29, 1.82) is 0 Å². The van der Waals surface area contributed by atoms with Gasteiger partial charge >= 0.3 is 0 Å². The average Bonchev–Trinajstić information content (AvgIpc) is 3.19. The van der Waals surface area contributed by atoms with E-state index in [4.69, 9.17) is 0 Å². The van der Waals surface area contributed by atoms with Gasteiger partial charge in [-0.3, -0.25) is 9.36 Å². The number of thioether (sulfide) groups is 1. The molecule has 3 rings (SSSR count). The number of rotatable bonds is 7. The largest absolute Gasteiger partial charge is 0.342 e. The van der Waals surface area contributed by atoms with E-state index in [2.05, 4.69) is 36.2 Å². The summed E-state index contributed by atoms with van der Waals surface area (Å²) in [7, 11) is -1.61. The molecule has 0 radical (unpaired) electrons. The van der Waals surface area contributed by atoms with Gasteiger partial charge in [0.25, 0.3) is 0 Å². The van der Waals surface area contributed by atoms with E-state index >= 15 is 0 Å². The summed E-state index contributed by atoms with van der Waals surface area (Å²) in [5.74, 6) is 0.771. The van der Waals surface area contributed by atoms with Gasteiger partial charge in [-0.15, -0.1) is 10.2 Å². The van der Waals surface area contributed by atoms with Gasteiger partial charge in [-0.2, -0.15) is 0 Å². The van der Waals surface area contributed by atoms with Gasteiger partial charge in [-0.05, 0) is 36.5 Å². The Kier molecular flexibility index (Phi) is 7.20. The Bertz CT molecular complexity index is 965. The lowest BCUT2D eigenvalue weighted by molar-refractivity contribution is -0.129. The molecule has 0 aliphatic carbocycles. The van der Waals surface area contributed by atoms with Crippen molar-refractivity contribution in [3.05, 3.63) is 36.2 Å². The minimum absolute atomic E-state index is 0.0326. The quantitative estimate of drug-likeness (QED) is 0.601. The standard InChI is InChI=1S/C20H29N5O3S2/c1-15(2)16-5-7-18(8-6-16)25-14-21-22-20(25)29-13-19(26)24-11-9-17(10-12-24)23(3)30(4,27)28/h5-8,14-15,17H,9-13H2,1-4H3. The van der Waals surface area contributed by atoms with Crippen molar-refractivity contribution >= 4 is 27.7 Å². The van der Waals surface area contributed by atoms with E-state index in [1.54, 1.807) is 18.3 Å². The number of hydrogen-bond acceptors (Lipinski definition) is 6. The first-order valence-corrected chi connectivity index (χ1v) is 12.8. The zero-order valence-electron chi connectivity index (χ0n) is 17.9. The second-order valence-corrected chi connectivity index (χ2v) is 10.9. The molecule has 30 heavy (non-hydrogen) atoms. The third-order valence-corrected chi connectivity index (χ3v) is 7.81. The van der Waals surface area contributed by atoms with Crippen molar-refractivity contribution in [1.82, 2.24) is 24.0 Å². The molecule has 10 heteroatoms. The Hall–Kier alpha value is -1.91. The highest BCUT2D eigenvalue weighted by atomic mass is 32.2. The second-order valence-electron chi connectivity index (χ2n) is 7.91. The molecule has 1 aromatic carbocycles. The van der Waals surface area contributed by atoms with Crippen LogP contribution in [0.5, 0.6) is 0 Å². The molecular formula is C20H29N5O3S2. The molecule has 0 N–H and O–H groups in total. The molecule has 1 fully saturated rings. The van der Waals surface area contributed by atoms with Crippen LogP contribution in [0, 0.1) is 0 Å². The molecule has 0 atom stereocenters. The van der Waals surface area contributed by atoms with Gasteiger partial charge in [0, 0.05) is 31.9 Å². The third kappa shape index (κ3) is 5.41. The summed E-state index contributed by atoms with van der Waals surface area (Å²) in [5, 5.41) is 8.84. The van der Waals surface area contributed by atoms with Crippen LogP contribution in [-0.4, -0.2) is 76.5 Å². The number of amides is 1. The number of piperidine rings is 1. The molecule has 0 spiro atoms. The topological polar surface area (TPSA) is 88.4 Å². The Morgan fingerprint density at radius 3 is 2.43 bits per heavy atom. The number of carbonyl (C=O) groups is 1. The maximum Gasteiger partial charge on any atom is 0.233 e. The average molecular weight is 452 g/mol. The van der Waals surface area contributed by atoms with Crippen molar-refractivity contribution in [3.63, 3.8) is 0 Å². The number of benzene rings is 1. The predicted molar refractivity (Wildman–Crippen MR) is 118 cm³/mol. The van der Waals surface area contributed by atoms with Crippen molar-refractivity contribution in [2.75, 3.05) is 32.1 Å². The fraction of sp³-hybridized carbons (Fsp3) is 0.550. The molecule has 0 saturated carbocycles. The zero-order chi connectivity index (χ0) is 21.9. The highest BCUT2D eigenvalue weighted by molar-refractivity contribution is 7.99. The molecule has 8 nitrogen and oxygen atoms in total. The number of carbonyl (C=O) groups excluding carboxylic acids is 1. The van der Waals surface area contributed by atoms with Gasteiger partial charge in [0.05, 0.1) is 12.0 Å². The number of likely N-dealkylation sites (tertiary alicyclic amines) is 1. The van der Waals surface area contributed by atoms with Crippen LogP contribution >= 0.6 is 11.8 Å². The number of sulfonamides is 1. The lowest BCUT2D eigenvalue weighted by Crippen LogP contribution is -2.47. The van der Waals surface area contributed by atoms with E-state index in [1.807, 2.05) is 16.7 Å². The van der Waals surface area contributed by atoms with Gasteiger partial charge in [-0.25, -0.2) is 12.7 Å². The van der Waals surface area contributed by atoms with Crippen molar-refractivity contribution < 1.29 is 13.2 Å². The van der Waals surface area contributed by atoms with Crippen LogP contribution in [0.1, 0.15) is 38.2 Å². The van der Waals surface area contributed by atoms with Crippen LogP contribution in [0.15, 0.2) is 35.7 Å². The molecule has 2 heterocycles. The van der Waals surface area contributed by atoms with Gasteiger partial charge < -0.3 is 4.90 Å². The summed E-state index contributed by atoms with van der Waals surface area (Å²) in [6.07, 6.45) is 4.17. The van der Waals surface area contributed by atoms with Gasteiger partial charge in [-0.1, -0.05) is 37.7 Å². The fourth-order valence-electron chi connectivity index (χ4n) is 3.49. The number of nitrogens with zero attached hydrogens (tertiary/aromatic N) is 5. The highest BCUT2D eigenvalue weighted by Crippen LogP contribution is 2.23. The van der Waals surface area contributed by atoms with Crippen LogP contribution in [-0.2, 0) is 14.8 Å². The highest BCUT2D eigenvalue weighted by Gasteiger charge is 2.29. The Morgan fingerprint density at radius 1 is 1.23 bits per heavy atom. The smallest absolute Gasteiger partial charge is 0.233 e. The first-order valence-electron chi connectivity index (χ1n) is 10.0. The Morgan fingerprint density at radius 2 is 1.87 bits per heavy atom. The van der Waals surface area contributed by atoms with Gasteiger partial charge in [0.2, 0.25) is 15.9 Å². The fourth-order valence-corrected chi connectivity index (χ4v) is 5.07. The van der Waals surface area contributed by atoms with E-state index in [0.717, 1.165) is 5.69 Å². The number of hydrogen-bond donors (Lipinski definition) is 0. The van der Waals surface area contributed by atoms with Crippen molar-refractivity contribution in [2.45, 2.75) is 43.8 Å². The van der Waals surface area contributed by atoms with Crippen molar-refractivity contribution in [2.24, 2.45) is 0 Å². The maximum atomic E-state index is 12.6. The third-order valence-electron chi connectivity index (χ3n) is 5.53. The summed E-state index contributed by atoms with van der Waals surface area (Å²) in [4.78, 5) is 14.5. The van der Waals surface area contributed by atoms with Crippen LogP contribution in [0.25, 0.3) is 5.69 Å². The minimum atomic E-state index is -3.21. The van der Waals surface area contributed by atoms with E-state index in [1.165, 1.54) is 27.9 Å². The van der Waals surface area contributed by atoms with E-state index < -0.39 is 10.0 Å². The normalized spacial score (nSPS) is 15.9. The zero-order valence-corrected chi connectivity index (χ0v) is 19.5. The first kappa shape index (κ1) is 22.8. The summed E-state index contributed by atoms with van der Waals surface area (Å²) in [6.45, 7) is 5.44. The lowest BCUT2D eigenvalue weighted by Gasteiger charge is -2.35. The Labute approximate surface area is 182 Å². The first-order chi connectivity index (χ1) is 14.2. The minimum Gasteiger partial charge on any atom is -0.342 e. The molecule has 164 valence electrons. The molecular weight excluding hydrogens is 422 g/mol. The molecule has 1 aromatic heterocycles. The monoisotopic (exact) mass is 451 g/mol. The van der Waals surface area contributed by atoms with E-state index in [-0.39, 0.29) is 17.7 Å². The van der Waals surface area contributed by atoms with Gasteiger partial charge in [0.1, 0.15) is 6.33 Å². The molecule has 1 saturated heterocycles. The van der Waals surface area contributed by atoms with Crippen LogP contribution in [0.4, 0.5) is 0 Å². The Balaban J connectivity index is 1.56. The van der Waals surface area contributed by atoms with E-state index in [0.29, 0.717) is 37.0 Å². The SMILES string of the molecule is CC(C)c1ccc(-n2cnnc2SCC(=O)N2CCC(N(C)S(C)(=O)=O)CC2)cc1.